The SMILES string of the molecule is O=C(F)C(F)(F)C(F)(N1C(F)(F)C(F)(C(F)(F)F)OC(F)(C(F)(F)F)C1(F)F)C(F)(F)F. The third-order valence-corrected chi connectivity index (χ3v) is 3.69. The summed E-state index contributed by atoms with van der Waals surface area (Å²) in [6.07, 6.45) is -24.3. The molecule has 0 aromatic rings. The minimum absolute atomic E-state index is 1.45. The van der Waals surface area contributed by atoms with Crippen molar-refractivity contribution in [3.05, 3.63) is 0 Å². The molecule has 190 valence electrons. The lowest BCUT2D eigenvalue weighted by Crippen LogP contribution is -2.88. The Balaban J connectivity index is 4.36. The van der Waals surface area contributed by atoms with Crippen molar-refractivity contribution < 1.29 is 92.9 Å². The summed E-state index contributed by atoms with van der Waals surface area (Å²) in [4.78, 5) is 5.08. The fourth-order valence-corrected chi connectivity index (χ4v) is 2.20. The van der Waals surface area contributed by atoms with E-state index in [1.165, 1.54) is 4.74 Å². The van der Waals surface area contributed by atoms with Gasteiger partial charge in [-0.05, 0) is 0 Å². The first-order valence-corrected chi connectivity index (χ1v) is 6.62. The highest BCUT2D eigenvalue weighted by atomic mass is 19.4. The highest BCUT2D eigenvalue weighted by Gasteiger charge is 2.99. The van der Waals surface area contributed by atoms with Crippen molar-refractivity contribution in [2.24, 2.45) is 0 Å². The summed E-state index contributed by atoms with van der Waals surface area (Å²) in [6.45, 7) is 0. The van der Waals surface area contributed by atoms with Crippen LogP contribution in [0.1, 0.15) is 0 Å². The van der Waals surface area contributed by atoms with E-state index >= 15 is 0 Å². The minimum atomic E-state index is -8.65. The van der Waals surface area contributed by atoms with E-state index in [4.69, 9.17) is 0 Å². The Kier molecular flexibility index (Phi) is 5.88. The number of halogens is 19. The molecule has 1 saturated heterocycles. The lowest BCUT2D eigenvalue weighted by Gasteiger charge is -2.56. The normalized spacial score (nSPS) is 31.8. The smallest absolute Gasteiger partial charge is 0.282 e. The van der Waals surface area contributed by atoms with Crippen LogP contribution in [0.4, 0.5) is 83.4 Å². The Labute approximate surface area is 159 Å². The molecule has 0 aliphatic carbocycles. The van der Waals surface area contributed by atoms with Crippen molar-refractivity contribution in [1.29, 1.82) is 0 Å². The first kappa shape index (κ1) is 28.3. The van der Waals surface area contributed by atoms with Gasteiger partial charge in [-0.25, -0.2) is 4.39 Å². The standard InChI is InChI=1S/C10F19NO2/c11-1(31)2(12,13)3(14,6(17,18)19)30-9(26,27)4(15,7(20,21)22)32-5(16,8(23,24)25)10(30,28)29. The second kappa shape index (κ2) is 6.65. The average Bonchev–Trinajstić information content (AvgIpc) is 2.48. The van der Waals surface area contributed by atoms with Crippen LogP contribution in [0.15, 0.2) is 0 Å². The van der Waals surface area contributed by atoms with Crippen LogP contribution in [0.25, 0.3) is 0 Å². The summed E-state index contributed by atoms with van der Waals surface area (Å²) >= 11 is 0. The molecule has 1 aliphatic rings. The van der Waals surface area contributed by atoms with Gasteiger partial charge in [-0.15, -0.1) is 4.90 Å². The Morgan fingerprint density at radius 1 is 0.625 bits per heavy atom. The quantitative estimate of drug-likeness (QED) is 0.283. The van der Waals surface area contributed by atoms with Crippen molar-refractivity contribution in [3.8, 4) is 0 Å². The number of ether oxygens (including phenoxy) is 1. The van der Waals surface area contributed by atoms with Gasteiger partial charge in [0.15, 0.2) is 0 Å². The molecule has 0 spiro atoms. The second-order valence-corrected chi connectivity index (χ2v) is 5.67. The zero-order valence-corrected chi connectivity index (χ0v) is 13.4. The van der Waals surface area contributed by atoms with E-state index in [0.29, 0.717) is 0 Å². The van der Waals surface area contributed by atoms with Crippen LogP contribution < -0.4 is 0 Å². The number of rotatable bonds is 3. The largest absolute Gasteiger partial charge is 0.456 e. The second-order valence-electron chi connectivity index (χ2n) is 5.67. The molecule has 0 saturated carbocycles. The number of carbonyl (C=O) groups is 1. The Hall–Kier alpha value is -1.74. The average molecular weight is 527 g/mol. The molecule has 0 amide bonds. The number of alkyl halides is 18. The Bertz CT molecular complexity index is 730. The van der Waals surface area contributed by atoms with Gasteiger partial charge in [0.1, 0.15) is 0 Å². The maximum Gasteiger partial charge on any atom is 0.456 e. The van der Waals surface area contributed by atoms with E-state index in [0.717, 1.165) is 0 Å². The van der Waals surface area contributed by atoms with Crippen LogP contribution in [-0.4, -0.2) is 65.0 Å². The molecular weight excluding hydrogens is 527 g/mol. The molecule has 0 aromatic heterocycles. The molecule has 0 N–H and O–H groups in total. The van der Waals surface area contributed by atoms with Gasteiger partial charge >= 0.3 is 60.1 Å². The molecule has 0 radical (unpaired) electrons. The maximum absolute atomic E-state index is 14.2. The van der Waals surface area contributed by atoms with Gasteiger partial charge < -0.3 is 0 Å². The molecule has 1 rings (SSSR count). The van der Waals surface area contributed by atoms with Crippen LogP contribution in [0.3, 0.4) is 0 Å². The first-order valence-electron chi connectivity index (χ1n) is 6.62. The van der Waals surface area contributed by atoms with Gasteiger partial charge in [0.25, 0.3) is 0 Å². The lowest BCUT2D eigenvalue weighted by molar-refractivity contribution is -0.603. The van der Waals surface area contributed by atoms with Crippen molar-refractivity contribution in [3.63, 3.8) is 0 Å². The fourth-order valence-electron chi connectivity index (χ4n) is 2.20. The van der Waals surface area contributed by atoms with E-state index in [-0.39, 0.29) is 0 Å². The molecule has 1 aliphatic heterocycles. The summed E-state index contributed by atoms with van der Waals surface area (Å²) < 4.78 is 251. The zero-order valence-electron chi connectivity index (χ0n) is 13.4. The molecule has 1 heterocycles. The van der Waals surface area contributed by atoms with Gasteiger partial charge in [0, 0.05) is 0 Å². The fraction of sp³-hybridized carbons (Fsp3) is 0.900. The van der Waals surface area contributed by atoms with Gasteiger partial charge in [-0.3, -0.25) is 9.53 Å². The van der Waals surface area contributed by atoms with E-state index < -0.39 is 65.0 Å². The molecule has 1 fully saturated rings. The van der Waals surface area contributed by atoms with Crippen LogP contribution in [0, 0.1) is 0 Å². The van der Waals surface area contributed by atoms with E-state index in [1.54, 1.807) is 0 Å². The maximum atomic E-state index is 14.2. The van der Waals surface area contributed by atoms with Crippen LogP contribution in [0.2, 0.25) is 0 Å². The summed E-state index contributed by atoms with van der Waals surface area (Å²) in [7, 11) is 0. The number of nitrogens with zero attached hydrogens (tertiary/aromatic N) is 1. The molecule has 0 bridgehead atoms. The third-order valence-electron chi connectivity index (χ3n) is 3.69. The topological polar surface area (TPSA) is 29.5 Å². The van der Waals surface area contributed by atoms with Crippen molar-refractivity contribution in [2.45, 2.75) is 54.0 Å². The van der Waals surface area contributed by atoms with Gasteiger partial charge in [-0.1, -0.05) is 0 Å². The number of morpholine rings is 1. The minimum Gasteiger partial charge on any atom is -0.282 e. The van der Waals surface area contributed by atoms with Crippen molar-refractivity contribution in [1.82, 2.24) is 4.90 Å². The highest BCUT2D eigenvalue weighted by Crippen LogP contribution is 2.67. The van der Waals surface area contributed by atoms with Crippen molar-refractivity contribution >= 4 is 6.04 Å². The summed E-state index contributed by atoms with van der Waals surface area (Å²) in [5, 5.41) is 0. The van der Waals surface area contributed by atoms with Crippen molar-refractivity contribution in [2.75, 3.05) is 0 Å². The zero-order chi connectivity index (χ0) is 26.4. The number of carbonyl (C=O) groups excluding carboxylic acids is 1. The predicted molar refractivity (Wildman–Crippen MR) is 53.6 cm³/mol. The highest BCUT2D eigenvalue weighted by molar-refractivity contribution is 5.78. The Morgan fingerprint density at radius 3 is 1.09 bits per heavy atom. The Morgan fingerprint density at radius 2 is 0.906 bits per heavy atom. The van der Waals surface area contributed by atoms with Crippen LogP contribution in [-0.2, 0) is 9.53 Å². The summed E-state index contributed by atoms with van der Waals surface area (Å²) in [5.74, 6) is -32.9. The van der Waals surface area contributed by atoms with E-state index in [9.17, 15) is 88.2 Å². The first-order chi connectivity index (χ1) is 13.5. The van der Waals surface area contributed by atoms with E-state index in [2.05, 4.69) is 0 Å². The van der Waals surface area contributed by atoms with Gasteiger partial charge in [0.05, 0.1) is 0 Å². The number of hydrogen-bond acceptors (Lipinski definition) is 3. The molecule has 22 heteroatoms. The predicted octanol–water partition coefficient (Wildman–Crippen LogP) is 5.32. The monoisotopic (exact) mass is 527 g/mol. The molecular formula is C10F19NO2. The third kappa shape index (κ3) is 3.10. The molecule has 3 nitrogen and oxygen atoms in total. The van der Waals surface area contributed by atoms with Crippen LogP contribution in [0.5, 0.6) is 0 Å². The summed E-state index contributed by atoms with van der Waals surface area (Å²) in [5.41, 5.74) is 0. The van der Waals surface area contributed by atoms with Gasteiger partial charge in [-0.2, -0.15) is 79.0 Å². The molecule has 3 atom stereocenters. The molecule has 0 aromatic carbocycles. The van der Waals surface area contributed by atoms with Crippen LogP contribution >= 0.6 is 0 Å². The van der Waals surface area contributed by atoms with Gasteiger partial charge in [0.2, 0.25) is 0 Å². The number of hydrogen-bond donors (Lipinski definition) is 0. The summed E-state index contributed by atoms with van der Waals surface area (Å²) in [6, 6.07) is -22.0. The molecule has 3 unspecified atom stereocenters. The molecule has 32 heavy (non-hydrogen) atoms. The van der Waals surface area contributed by atoms with E-state index in [1.807, 2.05) is 0 Å². The lowest BCUT2D eigenvalue weighted by atomic mass is 9.96.